The molecule has 0 saturated carbocycles. The molecule has 24 heavy (non-hydrogen) atoms. The lowest BCUT2D eigenvalue weighted by Crippen LogP contribution is -2.41. The molecule has 1 aromatic rings. The molecule has 0 bridgehead atoms. The van der Waals surface area contributed by atoms with Gasteiger partial charge in [-0.05, 0) is 48.4 Å². The Hall–Kier alpha value is -1.38. The summed E-state index contributed by atoms with van der Waals surface area (Å²) >= 11 is 0. The number of aliphatic hydroxyl groups excluding tert-OH is 1. The van der Waals surface area contributed by atoms with E-state index in [1.54, 1.807) is 0 Å². The highest BCUT2D eigenvalue weighted by Crippen LogP contribution is 2.24. The molecule has 0 fully saturated rings. The molecule has 0 aromatic heterocycles. The summed E-state index contributed by atoms with van der Waals surface area (Å²) in [4.78, 5) is 0. The van der Waals surface area contributed by atoms with Crippen LogP contribution in [0.25, 0.3) is 6.08 Å². The van der Waals surface area contributed by atoms with E-state index in [9.17, 15) is 5.11 Å². The van der Waals surface area contributed by atoms with Crippen molar-refractivity contribution in [2.45, 2.75) is 70.8 Å². The first-order chi connectivity index (χ1) is 11.6. The Morgan fingerprint density at radius 3 is 2.58 bits per heavy atom. The second-order valence-electron chi connectivity index (χ2n) is 7.32. The lowest BCUT2D eigenvalue weighted by Gasteiger charge is -2.23. The predicted octanol–water partition coefficient (Wildman–Crippen LogP) is 4.80. The van der Waals surface area contributed by atoms with Gasteiger partial charge in [0.15, 0.2) is 0 Å². The molecule has 0 unspecified atom stereocenters. The Morgan fingerprint density at radius 1 is 1.08 bits per heavy atom. The van der Waals surface area contributed by atoms with E-state index in [4.69, 9.17) is 5.73 Å². The summed E-state index contributed by atoms with van der Waals surface area (Å²) in [6.45, 7) is 4.10. The Morgan fingerprint density at radius 2 is 1.83 bits per heavy atom. The van der Waals surface area contributed by atoms with Crippen LogP contribution in [0.1, 0.15) is 69.1 Å². The molecule has 0 amide bonds. The van der Waals surface area contributed by atoms with Crippen molar-refractivity contribution in [2.75, 3.05) is 6.61 Å². The fraction of sp³-hybridized carbons (Fsp3) is 0.545. The number of aliphatic hydroxyl groups is 1. The number of hydrogen-bond donors (Lipinski definition) is 2. The maximum atomic E-state index is 9.47. The van der Waals surface area contributed by atoms with Gasteiger partial charge in [0.25, 0.3) is 0 Å². The van der Waals surface area contributed by atoms with Crippen LogP contribution in [-0.4, -0.2) is 17.3 Å². The van der Waals surface area contributed by atoms with Crippen molar-refractivity contribution in [1.82, 2.24) is 0 Å². The van der Waals surface area contributed by atoms with Gasteiger partial charge in [-0.3, -0.25) is 0 Å². The van der Waals surface area contributed by atoms with E-state index < -0.39 is 5.54 Å². The number of fused-ring (bicyclic) bond motifs is 1. The molecule has 3 N–H and O–H groups in total. The molecule has 2 rings (SSSR count). The van der Waals surface area contributed by atoms with Crippen LogP contribution in [-0.2, 0) is 12.8 Å². The third kappa shape index (κ3) is 5.32. The molecule has 2 nitrogen and oxygen atoms in total. The van der Waals surface area contributed by atoms with Gasteiger partial charge in [0.05, 0.1) is 12.1 Å². The largest absolute Gasteiger partial charge is 0.394 e. The monoisotopic (exact) mass is 327 g/mol. The first-order valence-electron chi connectivity index (χ1n) is 9.47. The standard InChI is InChI=1S/C22H33NO/c1-3-4-5-6-7-8-9-18-10-11-19-12-14-21(22(2,23)17-24)15-13-20(19)16-18/h10-11,13-16,24H,3-9,12,17,23H2,1-2H3/t22-/m0/s1. The number of allylic oxidation sites excluding steroid dienone is 1. The average Bonchev–Trinajstić information content (AvgIpc) is 2.80. The number of aryl methyl sites for hydroxylation is 1. The van der Waals surface area contributed by atoms with Crippen LogP contribution in [0.4, 0.5) is 0 Å². The molecule has 1 aromatic carbocycles. The molecular formula is C22H33NO. The second-order valence-corrected chi connectivity index (χ2v) is 7.32. The number of nitrogens with two attached hydrogens (primary N) is 1. The normalized spacial score (nSPS) is 16.2. The summed E-state index contributed by atoms with van der Waals surface area (Å²) in [5.74, 6) is 0. The van der Waals surface area contributed by atoms with Crippen molar-refractivity contribution < 1.29 is 5.11 Å². The molecule has 1 aliphatic rings. The van der Waals surface area contributed by atoms with Gasteiger partial charge in [0.2, 0.25) is 0 Å². The van der Waals surface area contributed by atoms with Gasteiger partial charge >= 0.3 is 0 Å². The lowest BCUT2D eigenvalue weighted by atomic mass is 9.93. The summed E-state index contributed by atoms with van der Waals surface area (Å²) in [7, 11) is 0. The third-order valence-electron chi connectivity index (χ3n) is 5.00. The van der Waals surface area contributed by atoms with E-state index >= 15 is 0 Å². The van der Waals surface area contributed by atoms with E-state index in [2.05, 4.69) is 43.4 Å². The Kier molecular flexibility index (Phi) is 7.26. The van der Waals surface area contributed by atoms with E-state index in [-0.39, 0.29) is 6.61 Å². The molecule has 0 spiro atoms. The topological polar surface area (TPSA) is 46.2 Å². The van der Waals surface area contributed by atoms with Gasteiger partial charge < -0.3 is 10.8 Å². The smallest absolute Gasteiger partial charge is 0.0650 e. The van der Waals surface area contributed by atoms with Crippen LogP contribution in [0.2, 0.25) is 0 Å². The summed E-state index contributed by atoms with van der Waals surface area (Å²) in [6, 6.07) is 6.84. The number of unbranched alkanes of at least 4 members (excludes halogenated alkanes) is 5. The summed E-state index contributed by atoms with van der Waals surface area (Å²) < 4.78 is 0. The molecule has 2 heteroatoms. The molecule has 0 aliphatic heterocycles. The minimum absolute atomic E-state index is 0.0389. The van der Waals surface area contributed by atoms with Crippen molar-refractivity contribution in [1.29, 1.82) is 0 Å². The highest BCUT2D eigenvalue weighted by Gasteiger charge is 2.21. The number of hydrogen-bond acceptors (Lipinski definition) is 2. The zero-order chi connectivity index (χ0) is 17.4. The van der Waals surface area contributed by atoms with Gasteiger partial charge in [-0.15, -0.1) is 0 Å². The first-order valence-corrected chi connectivity index (χ1v) is 9.47. The second kappa shape index (κ2) is 9.19. The van der Waals surface area contributed by atoms with Crippen molar-refractivity contribution >= 4 is 6.08 Å². The zero-order valence-corrected chi connectivity index (χ0v) is 15.4. The van der Waals surface area contributed by atoms with Gasteiger partial charge in [0.1, 0.15) is 0 Å². The minimum Gasteiger partial charge on any atom is -0.394 e. The summed E-state index contributed by atoms with van der Waals surface area (Å²) in [5.41, 5.74) is 10.6. The first kappa shape index (κ1) is 19.0. The van der Waals surface area contributed by atoms with Crippen molar-refractivity contribution in [3.8, 4) is 0 Å². The predicted molar refractivity (Wildman–Crippen MR) is 104 cm³/mol. The van der Waals surface area contributed by atoms with Crippen molar-refractivity contribution in [3.63, 3.8) is 0 Å². The van der Waals surface area contributed by atoms with E-state index in [0.717, 1.165) is 12.0 Å². The quantitative estimate of drug-likeness (QED) is 0.640. The van der Waals surface area contributed by atoms with Crippen LogP contribution >= 0.6 is 0 Å². The van der Waals surface area contributed by atoms with Crippen LogP contribution in [0, 0.1) is 0 Å². The molecule has 0 radical (unpaired) electrons. The fourth-order valence-corrected chi connectivity index (χ4v) is 3.23. The number of rotatable bonds is 9. The highest BCUT2D eigenvalue weighted by molar-refractivity contribution is 5.61. The average molecular weight is 328 g/mol. The van der Waals surface area contributed by atoms with Crippen LogP contribution in [0.5, 0.6) is 0 Å². The molecule has 1 aliphatic carbocycles. The van der Waals surface area contributed by atoms with Crippen molar-refractivity contribution in [2.24, 2.45) is 5.73 Å². The van der Waals surface area contributed by atoms with Crippen molar-refractivity contribution in [3.05, 3.63) is 52.6 Å². The SMILES string of the molecule is CCCCCCCCc1ccc2c(c1)C=CC([C@@](C)(N)CO)=CC2. The highest BCUT2D eigenvalue weighted by atomic mass is 16.3. The zero-order valence-electron chi connectivity index (χ0n) is 15.4. The maximum absolute atomic E-state index is 9.47. The van der Waals surface area contributed by atoms with Gasteiger partial charge in [0, 0.05) is 0 Å². The Labute approximate surface area is 147 Å². The number of benzene rings is 1. The Balaban J connectivity index is 1.95. The van der Waals surface area contributed by atoms with Gasteiger partial charge in [-0.1, -0.05) is 75.5 Å². The molecular weight excluding hydrogens is 294 g/mol. The van der Waals surface area contributed by atoms with Gasteiger partial charge in [-0.25, -0.2) is 0 Å². The minimum atomic E-state index is -0.667. The van der Waals surface area contributed by atoms with Gasteiger partial charge in [-0.2, -0.15) is 0 Å². The molecule has 0 heterocycles. The molecule has 0 saturated heterocycles. The Bertz CT molecular complexity index is 584. The van der Waals surface area contributed by atoms with Crippen LogP contribution in [0.15, 0.2) is 35.9 Å². The maximum Gasteiger partial charge on any atom is 0.0650 e. The third-order valence-corrected chi connectivity index (χ3v) is 5.00. The van der Waals surface area contributed by atoms with Crippen LogP contribution < -0.4 is 5.73 Å². The van der Waals surface area contributed by atoms with E-state index in [0.29, 0.717) is 0 Å². The molecule has 1 atom stereocenters. The summed E-state index contributed by atoms with van der Waals surface area (Å²) in [5, 5.41) is 9.47. The van der Waals surface area contributed by atoms with E-state index in [1.165, 1.54) is 61.6 Å². The molecule has 132 valence electrons. The lowest BCUT2D eigenvalue weighted by molar-refractivity contribution is 0.233. The van der Waals surface area contributed by atoms with E-state index in [1.807, 2.05) is 6.92 Å². The fourth-order valence-electron chi connectivity index (χ4n) is 3.23. The summed E-state index contributed by atoms with van der Waals surface area (Å²) in [6.07, 6.45) is 16.4. The van der Waals surface area contributed by atoms with Crippen LogP contribution in [0.3, 0.4) is 0 Å².